The quantitative estimate of drug-likeness (QED) is 0.705. The Kier molecular flexibility index (Phi) is 4.39. The van der Waals surface area contributed by atoms with Crippen LogP contribution in [0.3, 0.4) is 0 Å². The van der Waals surface area contributed by atoms with Crippen LogP contribution in [0.1, 0.15) is 40.5 Å². The van der Waals surface area contributed by atoms with Crippen LogP contribution in [0.2, 0.25) is 0 Å². The lowest BCUT2D eigenvalue weighted by Gasteiger charge is -2.36. The normalized spacial score (nSPS) is 25.2. The van der Waals surface area contributed by atoms with Gasteiger partial charge < -0.3 is 9.64 Å². The first-order valence-corrected chi connectivity index (χ1v) is 6.25. The maximum Gasteiger partial charge on any atom is 0.410 e. The van der Waals surface area contributed by atoms with Crippen molar-refractivity contribution in [1.82, 2.24) is 4.90 Å². The van der Waals surface area contributed by atoms with Crippen LogP contribution in [0.15, 0.2) is 0 Å². The van der Waals surface area contributed by atoms with Crippen molar-refractivity contribution < 1.29 is 9.53 Å². The Morgan fingerprint density at radius 3 is 2.65 bits per heavy atom. The first-order chi connectivity index (χ1) is 7.87. The van der Waals surface area contributed by atoms with Gasteiger partial charge in [0.05, 0.1) is 12.0 Å². The van der Waals surface area contributed by atoms with Crippen molar-refractivity contribution in [3.8, 4) is 6.07 Å². The van der Waals surface area contributed by atoms with Gasteiger partial charge in [-0.05, 0) is 33.1 Å². The molecule has 1 saturated heterocycles. The molecule has 0 N–H and O–H groups in total. The van der Waals surface area contributed by atoms with Gasteiger partial charge in [0.2, 0.25) is 0 Å². The molecule has 0 aromatic carbocycles. The number of nitrogens with zero attached hydrogens (tertiary/aromatic N) is 2. The second-order valence-electron chi connectivity index (χ2n) is 5.62. The molecule has 2 atom stereocenters. The number of carbonyl (C=O) groups is 1. The molecule has 0 aromatic rings. The molecular formula is C13H22N2O2. The maximum absolute atomic E-state index is 11.9. The topological polar surface area (TPSA) is 53.3 Å². The lowest BCUT2D eigenvalue weighted by Crippen LogP contribution is -2.45. The van der Waals surface area contributed by atoms with Gasteiger partial charge in [-0.3, -0.25) is 0 Å². The molecule has 96 valence electrons. The maximum atomic E-state index is 11.9. The van der Waals surface area contributed by atoms with Crippen LogP contribution in [-0.2, 0) is 4.74 Å². The standard InChI is InChI=1S/C13H22N2O2/c1-5-10-9-15(7-6-11(10)8-14)12(16)17-13(2,3)4/h10-11H,5-7,9H2,1-4H3/t10-,11+/m1/s1. The van der Waals surface area contributed by atoms with E-state index in [1.165, 1.54) is 0 Å². The van der Waals surface area contributed by atoms with E-state index in [0.717, 1.165) is 12.8 Å². The molecule has 0 aromatic heterocycles. The van der Waals surface area contributed by atoms with Crippen molar-refractivity contribution in [2.75, 3.05) is 13.1 Å². The highest BCUT2D eigenvalue weighted by Gasteiger charge is 2.32. The third kappa shape index (κ3) is 3.92. The molecule has 1 fully saturated rings. The van der Waals surface area contributed by atoms with Crippen molar-refractivity contribution in [3.63, 3.8) is 0 Å². The Bertz CT molecular complexity index is 314. The van der Waals surface area contributed by atoms with Crippen LogP contribution in [0.5, 0.6) is 0 Å². The third-order valence-electron chi connectivity index (χ3n) is 3.08. The lowest BCUT2D eigenvalue weighted by molar-refractivity contribution is 0.0131. The minimum absolute atomic E-state index is 0.0821. The predicted molar refractivity (Wildman–Crippen MR) is 65.3 cm³/mol. The molecule has 0 spiro atoms. The highest BCUT2D eigenvalue weighted by Crippen LogP contribution is 2.26. The van der Waals surface area contributed by atoms with E-state index >= 15 is 0 Å². The van der Waals surface area contributed by atoms with E-state index in [1.807, 2.05) is 20.8 Å². The van der Waals surface area contributed by atoms with Crippen molar-refractivity contribution >= 4 is 6.09 Å². The van der Waals surface area contributed by atoms with Gasteiger partial charge in [-0.2, -0.15) is 5.26 Å². The van der Waals surface area contributed by atoms with E-state index in [1.54, 1.807) is 4.90 Å². The van der Waals surface area contributed by atoms with E-state index in [0.29, 0.717) is 13.1 Å². The summed E-state index contributed by atoms with van der Waals surface area (Å²) >= 11 is 0. The monoisotopic (exact) mass is 238 g/mol. The third-order valence-corrected chi connectivity index (χ3v) is 3.08. The summed E-state index contributed by atoms with van der Waals surface area (Å²) in [6.07, 6.45) is 1.43. The first-order valence-electron chi connectivity index (χ1n) is 6.25. The van der Waals surface area contributed by atoms with E-state index in [9.17, 15) is 4.79 Å². The zero-order valence-corrected chi connectivity index (χ0v) is 11.2. The minimum Gasteiger partial charge on any atom is -0.444 e. The van der Waals surface area contributed by atoms with Gasteiger partial charge >= 0.3 is 6.09 Å². The Morgan fingerprint density at radius 1 is 1.53 bits per heavy atom. The Hall–Kier alpha value is -1.24. The van der Waals surface area contributed by atoms with Crippen LogP contribution >= 0.6 is 0 Å². The summed E-state index contributed by atoms with van der Waals surface area (Å²) in [5, 5.41) is 9.02. The van der Waals surface area contributed by atoms with E-state index in [-0.39, 0.29) is 17.9 Å². The average molecular weight is 238 g/mol. The van der Waals surface area contributed by atoms with Crippen LogP contribution < -0.4 is 0 Å². The molecular weight excluding hydrogens is 216 g/mol. The molecule has 4 heteroatoms. The average Bonchev–Trinajstić information content (AvgIpc) is 2.25. The minimum atomic E-state index is -0.454. The van der Waals surface area contributed by atoms with E-state index in [2.05, 4.69) is 13.0 Å². The van der Waals surface area contributed by atoms with Crippen LogP contribution in [0.4, 0.5) is 4.79 Å². The summed E-state index contributed by atoms with van der Waals surface area (Å²) < 4.78 is 5.34. The van der Waals surface area contributed by atoms with Crippen molar-refractivity contribution in [1.29, 1.82) is 5.26 Å². The summed E-state index contributed by atoms with van der Waals surface area (Å²) in [6, 6.07) is 2.33. The molecule has 0 saturated carbocycles. The second kappa shape index (κ2) is 5.39. The van der Waals surface area contributed by atoms with Gasteiger partial charge in [0.15, 0.2) is 0 Å². The molecule has 1 rings (SSSR count). The van der Waals surface area contributed by atoms with Crippen LogP contribution in [0.25, 0.3) is 0 Å². The number of amides is 1. The smallest absolute Gasteiger partial charge is 0.410 e. The van der Waals surface area contributed by atoms with Crippen molar-refractivity contribution in [2.45, 2.75) is 46.1 Å². The molecule has 17 heavy (non-hydrogen) atoms. The fourth-order valence-electron chi connectivity index (χ4n) is 2.11. The number of piperidine rings is 1. The molecule has 1 heterocycles. The molecule has 1 aliphatic rings. The number of rotatable bonds is 1. The molecule has 1 aliphatic heterocycles. The second-order valence-corrected chi connectivity index (χ2v) is 5.62. The summed E-state index contributed by atoms with van der Waals surface area (Å²) in [5.41, 5.74) is -0.454. The van der Waals surface area contributed by atoms with Crippen molar-refractivity contribution in [2.24, 2.45) is 11.8 Å². The Balaban J connectivity index is 2.58. The molecule has 0 aliphatic carbocycles. The summed E-state index contributed by atoms with van der Waals surface area (Å²) in [5.74, 6) is 0.361. The SMILES string of the molecule is CC[C@@H]1CN(C(=O)OC(C)(C)C)CC[C@H]1C#N. The Labute approximate surface area is 104 Å². The number of hydrogen-bond acceptors (Lipinski definition) is 3. The predicted octanol–water partition coefficient (Wildman–Crippen LogP) is 2.79. The zero-order chi connectivity index (χ0) is 13.1. The van der Waals surface area contributed by atoms with Crippen molar-refractivity contribution in [3.05, 3.63) is 0 Å². The number of hydrogen-bond donors (Lipinski definition) is 0. The summed E-state index contributed by atoms with van der Waals surface area (Å²) in [6.45, 7) is 8.93. The van der Waals surface area contributed by atoms with Gasteiger partial charge in [-0.25, -0.2) is 4.79 Å². The van der Waals surface area contributed by atoms with Crippen LogP contribution in [-0.4, -0.2) is 29.7 Å². The summed E-state index contributed by atoms with van der Waals surface area (Å²) in [7, 11) is 0. The summed E-state index contributed by atoms with van der Waals surface area (Å²) in [4.78, 5) is 13.6. The molecule has 0 unspecified atom stereocenters. The number of ether oxygens (including phenoxy) is 1. The number of nitriles is 1. The number of likely N-dealkylation sites (tertiary alicyclic amines) is 1. The van der Waals surface area contributed by atoms with Gasteiger partial charge in [0.25, 0.3) is 0 Å². The van der Waals surface area contributed by atoms with Gasteiger partial charge in [-0.15, -0.1) is 0 Å². The highest BCUT2D eigenvalue weighted by atomic mass is 16.6. The molecule has 0 radical (unpaired) electrons. The van der Waals surface area contributed by atoms with E-state index in [4.69, 9.17) is 10.00 Å². The van der Waals surface area contributed by atoms with E-state index < -0.39 is 5.60 Å². The Morgan fingerprint density at radius 2 is 2.18 bits per heavy atom. The van der Waals surface area contributed by atoms with Gasteiger partial charge in [-0.1, -0.05) is 13.3 Å². The number of carbonyl (C=O) groups excluding carboxylic acids is 1. The van der Waals surface area contributed by atoms with Gasteiger partial charge in [0.1, 0.15) is 5.60 Å². The first kappa shape index (κ1) is 13.8. The largest absolute Gasteiger partial charge is 0.444 e. The lowest BCUT2D eigenvalue weighted by atomic mass is 9.85. The molecule has 1 amide bonds. The fourth-order valence-corrected chi connectivity index (χ4v) is 2.11. The molecule has 0 bridgehead atoms. The van der Waals surface area contributed by atoms with Gasteiger partial charge in [0, 0.05) is 13.1 Å². The highest BCUT2D eigenvalue weighted by molar-refractivity contribution is 5.68. The fraction of sp³-hybridized carbons (Fsp3) is 0.846. The zero-order valence-electron chi connectivity index (χ0n) is 11.2. The molecule has 4 nitrogen and oxygen atoms in total. The van der Waals surface area contributed by atoms with Crippen LogP contribution in [0, 0.1) is 23.2 Å².